The van der Waals surface area contributed by atoms with E-state index < -0.39 is 59.6 Å². The van der Waals surface area contributed by atoms with Crippen LogP contribution in [0.25, 0.3) is 0 Å². The Morgan fingerprint density at radius 1 is 0.559 bits per heavy atom. The minimum absolute atomic E-state index is 0.119. The molecule has 34 heavy (non-hydrogen) atoms. The van der Waals surface area contributed by atoms with Crippen LogP contribution in [0.3, 0.4) is 0 Å². The van der Waals surface area contributed by atoms with Crippen molar-refractivity contribution >= 4 is 0 Å². The molecule has 1 N–H and O–H groups in total. The maximum Gasteiger partial charge on any atom is 0.460 e. The van der Waals surface area contributed by atoms with Crippen molar-refractivity contribution in [1.82, 2.24) is 0 Å². The number of aryl methyl sites for hydroxylation is 1. The molecule has 1 unspecified atom stereocenters. The fourth-order valence-electron chi connectivity index (χ4n) is 2.62. The van der Waals surface area contributed by atoms with Crippen LogP contribution in [0.1, 0.15) is 24.5 Å². The van der Waals surface area contributed by atoms with Crippen LogP contribution in [0.4, 0.5) is 70.2 Å². The van der Waals surface area contributed by atoms with Gasteiger partial charge in [-0.3, -0.25) is 0 Å². The first-order chi connectivity index (χ1) is 14.7. The van der Waals surface area contributed by atoms with Crippen molar-refractivity contribution in [2.75, 3.05) is 0 Å². The number of alkyl halides is 16. The van der Waals surface area contributed by atoms with Gasteiger partial charge in [0.2, 0.25) is 0 Å². The van der Waals surface area contributed by atoms with Gasteiger partial charge in [-0.1, -0.05) is 31.2 Å². The smallest absolute Gasteiger partial charge is 0.376 e. The lowest BCUT2D eigenvalue weighted by Gasteiger charge is -2.42. The second-order valence-electron chi connectivity index (χ2n) is 7.09. The van der Waals surface area contributed by atoms with Crippen molar-refractivity contribution < 1.29 is 75.4 Å². The molecule has 1 nitrogen and oxygen atoms in total. The van der Waals surface area contributed by atoms with E-state index in [4.69, 9.17) is 0 Å². The SMILES string of the molecule is CCc1ccc(C(O)(CC(F)(F)C(F)(F)C(F)(F)C(F)(F)C(F)(F)C(F)(F)F)C(F)(F)F)cc1. The third-order valence-corrected chi connectivity index (χ3v) is 4.78. The zero-order chi connectivity index (χ0) is 27.4. The first kappa shape index (κ1) is 30.1. The van der Waals surface area contributed by atoms with Gasteiger partial charge in [-0.25, -0.2) is 0 Å². The summed E-state index contributed by atoms with van der Waals surface area (Å²) in [4.78, 5) is 0. The van der Waals surface area contributed by atoms with Crippen LogP contribution >= 0.6 is 0 Å². The molecule has 1 rings (SSSR count). The highest BCUT2D eigenvalue weighted by Crippen LogP contribution is 2.62. The highest BCUT2D eigenvalue weighted by atomic mass is 19.4. The van der Waals surface area contributed by atoms with Crippen molar-refractivity contribution in [3.05, 3.63) is 35.4 Å². The lowest BCUT2D eigenvalue weighted by molar-refractivity contribution is -0.443. The van der Waals surface area contributed by atoms with Crippen molar-refractivity contribution in [2.45, 2.75) is 67.3 Å². The Bertz CT molecular complexity index is 852. The van der Waals surface area contributed by atoms with Crippen LogP contribution < -0.4 is 0 Å². The largest absolute Gasteiger partial charge is 0.460 e. The van der Waals surface area contributed by atoms with Gasteiger partial charge in [0.05, 0.1) is 6.42 Å². The topological polar surface area (TPSA) is 20.2 Å². The van der Waals surface area contributed by atoms with Crippen LogP contribution in [0.2, 0.25) is 0 Å². The van der Waals surface area contributed by atoms with Crippen LogP contribution in [-0.2, 0) is 12.0 Å². The van der Waals surface area contributed by atoms with E-state index in [1.165, 1.54) is 6.92 Å². The molecular formula is C17H12F16O. The van der Waals surface area contributed by atoms with Gasteiger partial charge in [0.15, 0.2) is 5.60 Å². The molecule has 0 aliphatic rings. The van der Waals surface area contributed by atoms with Crippen LogP contribution in [0, 0.1) is 0 Å². The summed E-state index contributed by atoms with van der Waals surface area (Å²) in [5.41, 5.74) is -6.61. The van der Waals surface area contributed by atoms with Gasteiger partial charge in [-0.05, 0) is 17.5 Å². The lowest BCUT2D eigenvalue weighted by Crippen LogP contribution is -2.70. The Morgan fingerprint density at radius 2 is 0.941 bits per heavy atom. The summed E-state index contributed by atoms with van der Waals surface area (Å²) < 4.78 is 211. The van der Waals surface area contributed by atoms with Gasteiger partial charge in [0, 0.05) is 0 Å². The minimum atomic E-state index is -8.26. The molecule has 0 radical (unpaired) electrons. The molecule has 0 saturated heterocycles. The normalized spacial score (nSPS) is 17.0. The highest BCUT2D eigenvalue weighted by molar-refractivity contribution is 5.29. The van der Waals surface area contributed by atoms with Crippen LogP contribution in [-0.4, -0.2) is 47.1 Å². The maximum atomic E-state index is 14.0. The number of benzene rings is 1. The molecule has 0 amide bonds. The summed E-state index contributed by atoms with van der Waals surface area (Å²) in [5, 5.41) is 9.74. The summed E-state index contributed by atoms with van der Waals surface area (Å²) in [5.74, 6) is -39.6. The molecule has 0 aromatic heterocycles. The number of hydrogen-bond donors (Lipinski definition) is 1. The first-order valence-electron chi connectivity index (χ1n) is 8.59. The average molecular weight is 536 g/mol. The predicted molar refractivity (Wildman–Crippen MR) is 81.2 cm³/mol. The molecule has 0 heterocycles. The van der Waals surface area contributed by atoms with Gasteiger partial charge in [0.25, 0.3) is 0 Å². The van der Waals surface area contributed by atoms with Crippen LogP contribution in [0.5, 0.6) is 0 Å². The fraction of sp³-hybridized carbons (Fsp3) is 0.647. The quantitative estimate of drug-likeness (QED) is 0.351. The summed E-state index contributed by atoms with van der Waals surface area (Å²) in [6, 6.07) is 2.03. The molecule has 1 aromatic rings. The second-order valence-corrected chi connectivity index (χ2v) is 7.09. The monoisotopic (exact) mass is 536 g/mol. The van der Waals surface area contributed by atoms with Gasteiger partial charge in [0.1, 0.15) is 0 Å². The molecule has 0 saturated carbocycles. The zero-order valence-electron chi connectivity index (χ0n) is 16.2. The van der Waals surface area contributed by atoms with Crippen LogP contribution in [0.15, 0.2) is 24.3 Å². The molecule has 0 aliphatic carbocycles. The Hall–Kier alpha value is -1.94. The van der Waals surface area contributed by atoms with E-state index in [1.54, 1.807) is 0 Å². The second kappa shape index (κ2) is 8.33. The summed E-state index contributed by atoms with van der Waals surface area (Å²) in [7, 11) is 0. The van der Waals surface area contributed by atoms with Crippen molar-refractivity contribution in [3.8, 4) is 0 Å². The third-order valence-electron chi connectivity index (χ3n) is 4.78. The fourth-order valence-corrected chi connectivity index (χ4v) is 2.62. The minimum Gasteiger partial charge on any atom is -0.376 e. The number of rotatable bonds is 8. The van der Waals surface area contributed by atoms with Crippen molar-refractivity contribution in [3.63, 3.8) is 0 Å². The Labute approximate surface area is 179 Å². The van der Waals surface area contributed by atoms with Gasteiger partial charge in [-0.2, -0.15) is 70.2 Å². The molecule has 0 fully saturated rings. The van der Waals surface area contributed by atoms with E-state index >= 15 is 0 Å². The molecular weight excluding hydrogens is 524 g/mol. The molecule has 1 atom stereocenters. The maximum absolute atomic E-state index is 14.0. The van der Waals surface area contributed by atoms with Gasteiger partial charge < -0.3 is 5.11 Å². The molecule has 0 bridgehead atoms. The molecule has 198 valence electrons. The molecule has 0 spiro atoms. The van der Waals surface area contributed by atoms with E-state index in [0.29, 0.717) is 0 Å². The molecule has 0 aliphatic heterocycles. The standard InChI is InChI=1S/C17H12F16O/c1-2-8-3-5-9(6-4-8)10(34,16(28,29)30)7-11(18,19)12(20,21)13(22,23)14(24,25)15(26,27)17(31,32)33/h3-6,34H,2,7H2,1H3. The number of halogens is 16. The van der Waals surface area contributed by atoms with E-state index in [9.17, 15) is 75.4 Å². The van der Waals surface area contributed by atoms with Gasteiger partial charge >= 0.3 is 42.0 Å². The lowest BCUT2D eigenvalue weighted by atomic mass is 9.82. The van der Waals surface area contributed by atoms with Gasteiger partial charge in [-0.15, -0.1) is 0 Å². The summed E-state index contributed by atoms with van der Waals surface area (Å²) >= 11 is 0. The predicted octanol–water partition coefficient (Wildman–Crippen LogP) is 7.13. The number of hydrogen-bond acceptors (Lipinski definition) is 1. The Morgan fingerprint density at radius 3 is 1.26 bits per heavy atom. The van der Waals surface area contributed by atoms with Crippen molar-refractivity contribution in [2.24, 2.45) is 0 Å². The van der Waals surface area contributed by atoms with E-state index in [2.05, 4.69) is 0 Å². The first-order valence-corrected chi connectivity index (χ1v) is 8.59. The average Bonchev–Trinajstić information content (AvgIpc) is 2.65. The van der Waals surface area contributed by atoms with E-state index in [1.807, 2.05) is 0 Å². The van der Waals surface area contributed by atoms with Crippen molar-refractivity contribution in [1.29, 1.82) is 0 Å². The summed E-state index contributed by atoms with van der Waals surface area (Å²) in [6.45, 7) is 1.44. The Kier molecular flexibility index (Phi) is 7.37. The molecule has 1 aromatic carbocycles. The van der Waals surface area contributed by atoms with E-state index in [-0.39, 0.29) is 24.1 Å². The molecule has 17 heteroatoms. The zero-order valence-corrected chi connectivity index (χ0v) is 16.2. The number of aliphatic hydroxyl groups is 1. The highest BCUT2D eigenvalue weighted by Gasteiger charge is 2.91. The Balaban J connectivity index is 3.65. The summed E-state index contributed by atoms with van der Waals surface area (Å²) in [6.07, 6.45) is -17.7. The third kappa shape index (κ3) is 4.39. The van der Waals surface area contributed by atoms with E-state index in [0.717, 1.165) is 12.1 Å².